The summed E-state index contributed by atoms with van der Waals surface area (Å²) in [5.41, 5.74) is 0.833. The highest BCUT2D eigenvalue weighted by Crippen LogP contribution is 2.26. The minimum absolute atomic E-state index is 0.193. The number of nitrogens with zero attached hydrogens (tertiary/aromatic N) is 6. The molecule has 1 saturated heterocycles. The van der Waals surface area contributed by atoms with Gasteiger partial charge in [0.25, 0.3) is 0 Å². The van der Waals surface area contributed by atoms with E-state index in [2.05, 4.69) is 29.8 Å². The van der Waals surface area contributed by atoms with Crippen molar-refractivity contribution in [2.24, 2.45) is 0 Å². The van der Waals surface area contributed by atoms with Crippen molar-refractivity contribution >= 4 is 11.8 Å². The van der Waals surface area contributed by atoms with E-state index < -0.39 is 0 Å². The van der Waals surface area contributed by atoms with E-state index in [-0.39, 0.29) is 11.7 Å². The highest BCUT2D eigenvalue weighted by Gasteiger charge is 2.18. The first-order valence-corrected chi connectivity index (χ1v) is 11.0. The lowest BCUT2D eigenvalue weighted by Crippen LogP contribution is -2.38. The first kappa shape index (κ1) is 21.0. The van der Waals surface area contributed by atoms with E-state index in [1.807, 2.05) is 13.8 Å². The van der Waals surface area contributed by atoms with Crippen LogP contribution in [0.25, 0.3) is 11.4 Å². The van der Waals surface area contributed by atoms with Crippen molar-refractivity contribution in [1.82, 2.24) is 29.8 Å². The van der Waals surface area contributed by atoms with Crippen LogP contribution in [-0.4, -0.2) is 62.7 Å². The standard InChI is InChI=1S/C20H25FN6O2S/c1-14(2)19-22-17(25-29-19)13-30-20-24-23-18(15-3-5-16(21)6-4-15)27(20)8-7-26-9-11-28-12-10-26/h3-6,14H,7-13H2,1-2H3. The second kappa shape index (κ2) is 9.67. The summed E-state index contributed by atoms with van der Waals surface area (Å²) in [5.74, 6) is 2.45. The van der Waals surface area contributed by atoms with Crippen molar-refractivity contribution < 1.29 is 13.7 Å². The van der Waals surface area contributed by atoms with Crippen LogP contribution in [0.1, 0.15) is 31.5 Å². The molecule has 0 spiro atoms. The summed E-state index contributed by atoms with van der Waals surface area (Å²) in [5, 5.41) is 13.6. The molecule has 0 aliphatic carbocycles. The SMILES string of the molecule is CC(C)c1nc(CSc2nnc(-c3ccc(F)cc3)n2CCN2CCOCC2)no1. The third kappa shape index (κ3) is 5.05. The number of rotatable bonds is 8. The molecule has 8 nitrogen and oxygen atoms in total. The largest absolute Gasteiger partial charge is 0.379 e. The molecule has 4 rings (SSSR count). The topological polar surface area (TPSA) is 82.1 Å². The summed E-state index contributed by atoms with van der Waals surface area (Å²) in [7, 11) is 0. The number of hydrogen-bond acceptors (Lipinski definition) is 8. The summed E-state index contributed by atoms with van der Waals surface area (Å²) >= 11 is 1.52. The first-order chi connectivity index (χ1) is 14.6. The lowest BCUT2D eigenvalue weighted by Gasteiger charge is -2.27. The summed E-state index contributed by atoms with van der Waals surface area (Å²) in [6, 6.07) is 6.34. The van der Waals surface area contributed by atoms with Crippen molar-refractivity contribution in [1.29, 1.82) is 0 Å². The van der Waals surface area contributed by atoms with E-state index in [0.29, 0.717) is 17.5 Å². The predicted molar refractivity (Wildman–Crippen MR) is 111 cm³/mol. The molecule has 1 aliphatic heterocycles. The lowest BCUT2D eigenvalue weighted by molar-refractivity contribution is 0.0361. The molecule has 160 valence electrons. The van der Waals surface area contributed by atoms with Crippen LogP contribution >= 0.6 is 11.8 Å². The fraction of sp³-hybridized carbons (Fsp3) is 0.500. The molecule has 0 N–H and O–H groups in total. The Bertz CT molecular complexity index is 953. The second-order valence-electron chi connectivity index (χ2n) is 7.41. The smallest absolute Gasteiger partial charge is 0.229 e. The van der Waals surface area contributed by atoms with Crippen LogP contribution in [-0.2, 0) is 17.0 Å². The molecular formula is C20H25FN6O2S. The van der Waals surface area contributed by atoms with Gasteiger partial charge in [-0.1, -0.05) is 30.8 Å². The molecule has 1 fully saturated rings. The maximum atomic E-state index is 13.4. The van der Waals surface area contributed by atoms with Crippen LogP contribution in [0.5, 0.6) is 0 Å². The Morgan fingerprint density at radius 1 is 1.10 bits per heavy atom. The highest BCUT2D eigenvalue weighted by atomic mass is 32.2. The Balaban J connectivity index is 1.52. The number of morpholine rings is 1. The van der Waals surface area contributed by atoms with Gasteiger partial charge in [-0.05, 0) is 24.3 Å². The molecule has 10 heteroatoms. The quantitative estimate of drug-likeness (QED) is 0.502. The average molecular weight is 433 g/mol. The molecule has 0 saturated carbocycles. The Kier molecular flexibility index (Phi) is 6.76. The van der Waals surface area contributed by atoms with Crippen LogP contribution in [0.2, 0.25) is 0 Å². The molecule has 2 aromatic heterocycles. The van der Waals surface area contributed by atoms with E-state index >= 15 is 0 Å². The van der Waals surface area contributed by atoms with Gasteiger partial charge in [0.05, 0.1) is 19.0 Å². The molecule has 1 aliphatic rings. The van der Waals surface area contributed by atoms with Crippen molar-refractivity contribution in [2.45, 2.75) is 37.2 Å². The van der Waals surface area contributed by atoms with E-state index in [0.717, 1.165) is 55.9 Å². The number of ether oxygens (including phenoxy) is 1. The van der Waals surface area contributed by atoms with Crippen molar-refractivity contribution in [3.05, 3.63) is 41.8 Å². The van der Waals surface area contributed by atoms with Crippen molar-refractivity contribution in [3.8, 4) is 11.4 Å². The molecule has 0 radical (unpaired) electrons. The zero-order chi connectivity index (χ0) is 20.9. The highest BCUT2D eigenvalue weighted by molar-refractivity contribution is 7.98. The minimum Gasteiger partial charge on any atom is -0.379 e. The normalized spacial score (nSPS) is 15.2. The molecule has 3 aromatic rings. The first-order valence-electron chi connectivity index (χ1n) is 10.0. The Morgan fingerprint density at radius 2 is 1.87 bits per heavy atom. The number of hydrogen-bond donors (Lipinski definition) is 0. The molecular weight excluding hydrogens is 407 g/mol. The van der Waals surface area contributed by atoms with Crippen LogP contribution in [0.4, 0.5) is 4.39 Å². The summed E-state index contributed by atoms with van der Waals surface area (Å²) in [6.07, 6.45) is 0. The zero-order valence-electron chi connectivity index (χ0n) is 17.1. The number of benzene rings is 1. The van der Waals surface area contributed by atoms with Gasteiger partial charge in [0.2, 0.25) is 5.89 Å². The molecule has 0 amide bonds. The van der Waals surface area contributed by atoms with E-state index in [1.165, 1.54) is 23.9 Å². The van der Waals surface area contributed by atoms with E-state index in [4.69, 9.17) is 9.26 Å². The van der Waals surface area contributed by atoms with Gasteiger partial charge in [0, 0.05) is 37.7 Å². The summed E-state index contributed by atoms with van der Waals surface area (Å²) in [6.45, 7) is 8.96. The third-order valence-corrected chi connectivity index (χ3v) is 5.83. The Hall–Kier alpha value is -2.30. The van der Waals surface area contributed by atoms with Crippen LogP contribution in [0.15, 0.2) is 33.9 Å². The molecule has 0 unspecified atom stereocenters. The minimum atomic E-state index is -0.272. The molecule has 0 atom stereocenters. The van der Waals surface area contributed by atoms with Crippen LogP contribution in [0, 0.1) is 5.82 Å². The average Bonchev–Trinajstić information content (AvgIpc) is 3.39. The second-order valence-corrected chi connectivity index (χ2v) is 8.35. The Morgan fingerprint density at radius 3 is 2.57 bits per heavy atom. The third-order valence-electron chi connectivity index (χ3n) is 4.87. The molecule has 3 heterocycles. The van der Waals surface area contributed by atoms with Crippen LogP contribution < -0.4 is 0 Å². The van der Waals surface area contributed by atoms with Gasteiger partial charge in [-0.3, -0.25) is 4.90 Å². The van der Waals surface area contributed by atoms with Gasteiger partial charge in [0.1, 0.15) is 5.82 Å². The summed E-state index contributed by atoms with van der Waals surface area (Å²) < 4.78 is 26.2. The van der Waals surface area contributed by atoms with E-state index in [9.17, 15) is 4.39 Å². The van der Waals surface area contributed by atoms with Gasteiger partial charge in [-0.25, -0.2) is 4.39 Å². The van der Waals surface area contributed by atoms with Gasteiger partial charge in [-0.2, -0.15) is 4.98 Å². The van der Waals surface area contributed by atoms with Crippen molar-refractivity contribution in [2.75, 3.05) is 32.8 Å². The maximum Gasteiger partial charge on any atom is 0.229 e. The number of aromatic nitrogens is 5. The number of halogens is 1. The fourth-order valence-electron chi connectivity index (χ4n) is 3.17. The maximum absolute atomic E-state index is 13.4. The monoisotopic (exact) mass is 432 g/mol. The molecule has 0 bridgehead atoms. The lowest BCUT2D eigenvalue weighted by atomic mass is 10.2. The zero-order valence-corrected chi connectivity index (χ0v) is 17.9. The molecule has 1 aromatic carbocycles. The Labute approximate surface area is 178 Å². The number of thioether (sulfide) groups is 1. The van der Waals surface area contributed by atoms with Gasteiger partial charge >= 0.3 is 0 Å². The predicted octanol–water partition coefficient (Wildman–Crippen LogP) is 3.22. The van der Waals surface area contributed by atoms with Gasteiger partial charge in [0.15, 0.2) is 16.8 Å². The van der Waals surface area contributed by atoms with E-state index in [1.54, 1.807) is 12.1 Å². The fourth-order valence-corrected chi connectivity index (χ4v) is 3.97. The summed E-state index contributed by atoms with van der Waals surface area (Å²) in [4.78, 5) is 6.79. The van der Waals surface area contributed by atoms with Gasteiger partial charge in [-0.15, -0.1) is 10.2 Å². The molecule has 30 heavy (non-hydrogen) atoms. The van der Waals surface area contributed by atoms with Crippen LogP contribution in [0.3, 0.4) is 0 Å². The van der Waals surface area contributed by atoms with Crippen molar-refractivity contribution in [3.63, 3.8) is 0 Å². The van der Waals surface area contributed by atoms with Gasteiger partial charge < -0.3 is 13.8 Å².